The zero-order valence-electron chi connectivity index (χ0n) is 12.8. The highest BCUT2D eigenvalue weighted by Gasteiger charge is 2.22. The van der Waals surface area contributed by atoms with Crippen molar-refractivity contribution in [2.75, 3.05) is 13.2 Å². The molecule has 5 nitrogen and oxygen atoms in total. The van der Waals surface area contributed by atoms with Crippen molar-refractivity contribution in [3.63, 3.8) is 0 Å². The Hall–Kier alpha value is -0.850. The lowest BCUT2D eigenvalue weighted by molar-refractivity contribution is -0.130. The molecule has 124 valence electrons. The van der Waals surface area contributed by atoms with Gasteiger partial charge in [0.15, 0.2) is 10.5 Å². The van der Waals surface area contributed by atoms with Gasteiger partial charge < -0.3 is 9.64 Å². The standard InChI is InChI=1S/C14H20Cl2N2O3S/c1-4-21-14(20)10-8-22-11(17-10)7-18(6-5-9(2)3)13(19)12(15)16/h8-9,12H,4-7H2,1-3H3. The van der Waals surface area contributed by atoms with Crippen molar-refractivity contribution < 1.29 is 14.3 Å². The molecular weight excluding hydrogens is 347 g/mol. The molecule has 0 saturated carbocycles. The summed E-state index contributed by atoms with van der Waals surface area (Å²) in [5, 5.41) is 2.27. The molecule has 0 spiro atoms. The van der Waals surface area contributed by atoms with Crippen molar-refractivity contribution >= 4 is 46.4 Å². The summed E-state index contributed by atoms with van der Waals surface area (Å²) in [6.07, 6.45) is 0.836. The van der Waals surface area contributed by atoms with E-state index in [4.69, 9.17) is 27.9 Å². The van der Waals surface area contributed by atoms with Gasteiger partial charge in [0.25, 0.3) is 5.91 Å². The van der Waals surface area contributed by atoms with Crippen LogP contribution < -0.4 is 0 Å². The Kier molecular flexibility index (Phi) is 8.14. The number of carbonyl (C=O) groups excluding carboxylic acids is 2. The second-order valence-electron chi connectivity index (χ2n) is 5.09. The van der Waals surface area contributed by atoms with Gasteiger partial charge in [0.2, 0.25) is 0 Å². The third kappa shape index (κ3) is 6.10. The molecule has 0 bridgehead atoms. The maximum Gasteiger partial charge on any atom is 0.357 e. The summed E-state index contributed by atoms with van der Waals surface area (Å²) in [6.45, 7) is 7.00. The number of hydrogen-bond donors (Lipinski definition) is 0. The van der Waals surface area contributed by atoms with Crippen LogP contribution in [0, 0.1) is 5.92 Å². The lowest BCUT2D eigenvalue weighted by atomic mass is 10.1. The van der Waals surface area contributed by atoms with Crippen LogP contribution in [0.3, 0.4) is 0 Å². The smallest absolute Gasteiger partial charge is 0.357 e. The van der Waals surface area contributed by atoms with E-state index in [9.17, 15) is 9.59 Å². The second kappa shape index (κ2) is 9.33. The van der Waals surface area contributed by atoms with Crippen LogP contribution in [0.2, 0.25) is 0 Å². The number of nitrogens with zero attached hydrogens (tertiary/aromatic N) is 2. The van der Waals surface area contributed by atoms with Crippen molar-refractivity contribution in [2.24, 2.45) is 5.92 Å². The monoisotopic (exact) mass is 366 g/mol. The normalized spacial score (nSPS) is 11.0. The molecular formula is C14H20Cl2N2O3S. The summed E-state index contributed by atoms with van der Waals surface area (Å²) in [5.74, 6) is -0.361. The molecule has 1 aromatic rings. The molecule has 0 aliphatic heterocycles. The first kappa shape index (κ1) is 19.2. The third-order valence-corrected chi connectivity index (χ3v) is 4.04. The highest BCUT2D eigenvalue weighted by atomic mass is 35.5. The number of halogens is 2. The molecule has 0 atom stereocenters. The predicted octanol–water partition coefficient (Wildman–Crippen LogP) is 3.50. The van der Waals surface area contributed by atoms with Crippen LogP contribution in [0.25, 0.3) is 0 Å². The molecule has 0 aliphatic carbocycles. The minimum Gasteiger partial charge on any atom is -0.461 e. The van der Waals surface area contributed by atoms with Crippen LogP contribution >= 0.6 is 34.5 Å². The Morgan fingerprint density at radius 2 is 2.09 bits per heavy atom. The number of thiazole rings is 1. The van der Waals surface area contributed by atoms with E-state index in [0.29, 0.717) is 24.1 Å². The number of alkyl halides is 2. The molecule has 0 radical (unpaired) electrons. The Bertz CT molecular complexity index is 506. The van der Waals surface area contributed by atoms with Crippen LogP contribution in [0.4, 0.5) is 0 Å². The van der Waals surface area contributed by atoms with Gasteiger partial charge in [0, 0.05) is 11.9 Å². The second-order valence-corrected chi connectivity index (χ2v) is 7.13. The average molecular weight is 367 g/mol. The van der Waals surface area contributed by atoms with Crippen LogP contribution in [0.5, 0.6) is 0 Å². The molecule has 1 aromatic heterocycles. The van der Waals surface area contributed by atoms with Crippen molar-refractivity contribution in [3.8, 4) is 0 Å². The molecule has 1 heterocycles. The van der Waals surface area contributed by atoms with Crippen molar-refractivity contribution in [1.82, 2.24) is 9.88 Å². The summed E-state index contributed by atoms with van der Waals surface area (Å²) in [4.78, 5) is 28.3. The third-order valence-electron chi connectivity index (χ3n) is 2.84. The van der Waals surface area contributed by atoms with Gasteiger partial charge in [-0.15, -0.1) is 11.3 Å². The summed E-state index contributed by atoms with van der Waals surface area (Å²) in [7, 11) is 0. The molecule has 0 N–H and O–H groups in total. The van der Waals surface area contributed by atoms with E-state index in [1.165, 1.54) is 11.3 Å². The van der Waals surface area contributed by atoms with E-state index in [0.717, 1.165) is 6.42 Å². The number of rotatable bonds is 8. The number of ether oxygens (including phenoxy) is 1. The van der Waals surface area contributed by atoms with Crippen molar-refractivity contribution in [1.29, 1.82) is 0 Å². The number of aromatic nitrogens is 1. The number of esters is 1. The zero-order chi connectivity index (χ0) is 16.7. The van der Waals surface area contributed by atoms with Crippen molar-refractivity contribution in [3.05, 3.63) is 16.1 Å². The molecule has 8 heteroatoms. The molecule has 1 rings (SSSR count). The van der Waals surface area contributed by atoms with E-state index in [-0.39, 0.29) is 18.1 Å². The fourth-order valence-electron chi connectivity index (χ4n) is 1.66. The molecule has 0 aliphatic rings. The SMILES string of the molecule is CCOC(=O)c1csc(CN(CCC(C)C)C(=O)C(Cl)Cl)n1. The Morgan fingerprint density at radius 3 is 2.64 bits per heavy atom. The Labute approximate surface area is 144 Å². The summed E-state index contributed by atoms with van der Waals surface area (Å²) in [5.41, 5.74) is 0.256. The Balaban J connectivity index is 2.76. The predicted molar refractivity (Wildman–Crippen MR) is 88.4 cm³/mol. The highest BCUT2D eigenvalue weighted by molar-refractivity contribution is 7.09. The zero-order valence-corrected chi connectivity index (χ0v) is 15.2. The lowest BCUT2D eigenvalue weighted by Crippen LogP contribution is -2.35. The van der Waals surface area contributed by atoms with Crippen molar-refractivity contribution in [2.45, 2.75) is 38.6 Å². The lowest BCUT2D eigenvalue weighted by Gasteiger charge is -2.23. The fraction of sp³-hybridized carbons (Fsp3) is 0.643. The molecule has 1 amide bonds. The van der Waals surface area contributed by atoms with Crippen LogP contribution in [0.1, 0.15) is 42.7 Å². The van der Waals surface area contributed by atoms with E-state index in [2.05, 4.69) is 18.8 Å². The van der Waals surface area contributed by atoms with Gasteiger partial charge in [-0.05, 0) is 19.3 Å². The largest absolute Gasteiger partial charge is 0.461 e. The highest BCUT2D eigenvalue weighted by Crippen LogP contribution is 2.17. The fourth-order valence-corrected chi connectivity index (χ4v) is 2.72. The van der Waals surface area contributed by atoms with Gasteiger partial charge in [-0.25, -0.2) is 9.78 Å². The van der Waals surface area contributed by atoms with Gasteiger partial charge >= 0.3 is 5.97 Å². The Morgan fingerprint density at radius 1 is 1.41 bits per heavy atom. The van der Waals surface area contributed by atoms with E-state index in [1.807, 2.05) is 0 Å². The molecule has 0 fully saturated rings. The van der Waals surface area contributed by atoms with Gasteiger partial charge in [-0.3, -0.25) is 4.79 Å². The number of amides is 1. The van der Waals surface area contributed by atoms with E-state index in [1.54, 1.807) is 17.2 Å². The minimum absolute atomic E-state index is 0.256. The molecule has 22 heavy (non-hydrogen) atoms. The average Bonchev–Trinajstić information content (AvgIpc) is 2.91. The topological polar surface area (TPSA) is 59.5 Å². The molecule has 0 aromatic carbocycles. The summed E-state index contributed by atoms with van der Waals surface area (Å²) >= 11 is 12.7. The maximum atomic E-state index is 12.1. The van der Waals surface area contributed by atoms with E-state index < -0.39 is 10.8 Å². The van der Waals surface area contributed by atoms with Crippen LogP contribution in [0.15, 0.2) is 5.38 Å². The van der Waals surface area contributed by atoms with E-state index >= 15 is 0 Å². The van der Waals surface area contributed by atoms with Crippen LogP contribution in [-0.4, -0.2) is 39.7 Å². The van der Waals surface area contributed by atoms with Crippen LogP contribution in [-0.2, 0) is 16.1 Å². The summed E-state index contributed by atoms with van der Waals surface area (Å²) < 4.78 is 4.89. The first-order chi connectivity index (χ1) is 10.3. The van der Waals surface area contributed by atoms with Gasteiger partial charge in [-0.1, -0.05) is 37.0 Å². The molecule has 0 unspecified atom stereocenters. The first-order valence-electron chi connectivity index (χ1n) is 7.03. The number of carbonyl (C=O) groups is 2. The minimum atomic E-state index is -1.10. The van der Waals surface area contributed by atoms with Gasteiger partial charge in [-0.2, -0.15) is 0 Å². The first-order valence-corrected chi connectivity index (χ1v) is 8.78. The number of hydrogen-bond acceptors (Lipinski definition) is 5. The van der Waals surface area contributed by atoms with Gasteiger partial charge in [0.1, 0.15) is 5.01 Å². The summed E-state index contributed by atoms with van der Waals surface area (Å²) in [6, 6.07) is 0. The molecule has 0 saturated heterocycles. The van der Waals surface area contributed by atoms with Gasteiger partial charge in [0.05, 0.1) is 13.2 Å². The quantitative estimate of drug-likeness (QED) is 0.521. The maximum absolute atomic E-state index is 12.1.